The van der Waals surface area contributed by atoms with Crippen LogP contribution >= 0.6 is 19.6 Å². The molecule has 260 valence electrons. The van der Waals surface area contributed by atoms with Gasteiger partial charge in [0, 0.05) is 21.8 Å². The molecule has 46 heavy (non-hydrogen) atoms. The molecule has 2 aromatic heterocycles. The summed E-state index contributed by atoms with van der Waals surface area (Å²) >= 11 is 1.76. The zero-order valence-electron chi connectivity index (χ0n) is 26.4. The van der Waals surface area contributed by atoms with E-state index in [1.165, 1.54) is 21.6 Å². The summed E-state index contributed by atoms with van der Waals surface area (Å²) < 4.78 is 63.3. The predicted octanol–water partition coefficient (Wildman–Crippen LogP) is 9.47. The van der Waals surface area contributed by atoms with Crippen LogP contribution in [-0.2, 0) is 25.0 Å². The third kappa shape index (κ3) is 18.2. The Kier molecular flexibility index (Phi) is 16.9. The molecule has 0 bridgehead atoms. The minimum Gasteiger partial charge on any atom is -0.457 e. The predicted molar refractivity (Wildman–Crippen MR) is 169 cm³/mol. The van der Waals surface area contributed by atoms with E-state index in [9.17, 15) is 25.2 Å². The molecule has 0 saturated carbocycles. The van der Waals surface area contributed by atoms with Gasteiger partial charge in [-0.05, 0) is 70.6 Å². The first kappa shape index (κ1) is 45.1. The first-order valence-corrected chi connectivity index (χ1v) is 16.3. The maximum absolute atomic E-state index is 10.7. The Morgan fingerprint density at radius 3 is 1.46 bits per heavy atom. The number of aryl methyl sites for hydroxylation is 5. The van der Waals surface area contributed by atoms with Crippen LogP contribution < -0.4 is 0 Å². The maximum Gasteiger partial charge on any atom is 2.00 e. The van der Waals surface area contributed by atoms with Gasteiger partial charge in [0.05, 0.1) is 16.5 Å². The normalized spacial score (nSPS) is 12.0. The number of hydrogen-bond acceptors (Lipinski definition) is 6. The molecule has 0 saturated heterocycles. The van der Waals surface area contributed by atoms with E-state index < -0.39 is 12.9 Å². The van der Waals surface area contributed by atoms with Gasteiger partial charge in [-0.15, -0.1) is 11.8 Å². The molecule has 2 aromatic carbocycles. The molecule has 3 N–H and O–H groups in total. The van der Waals surface area contributed by atoms with Crippen LogP contribution in [0, 0.1) is 49.9 Å². The fourth-order valence-electron chi connectivity index (χ4n) is 3.99. The number of halogens is 6. The van der Waals surface area contributed by atoms with Gasteiger partial charge >= 0.3 is 52.5 Å². The number of nitrogens with zero attached hydrogens (tertiary/aromatic N) is 5. The van der Waals surface area contributed by atoms with E-state index in [1.807, 2.05) is 13.8 Å². The number of hydrogen-bond donors (Lipinski definition) is 0. The maximum atomic E-state index is 9.87. The molecule has 0 fully saturated rings. The van der Waals surface area contributed by atoms with Gasteiger partial charge < -0.3 is 20.8 Å². The largest absolute Gasteiger partial charge is 2.00 e. The Balaban J connectivity index is 0. The van der Waals surface area contributed by atoms with Crippen LogP contribution in [0.3, 0.4) is 0 Å². The van der Waals surface area contributed by atoms with Gasteiger partial charge in [-0.2, -0.15) is 10.2 Å². The summed E-state index contributed by atoms with van der Waals surface area (Å²) in [6.45, 7) is 14.8. The van der Waals surface area contributed by atoms with Crippen molar-refractivity contribution in [2.45, 2.75) is 65.4 Å². The smallest absolute Gasteiger partial charge is 0.457 e. The Hall–Kier alpha value is -3.00. The van der Waals surface area contributed by atoms with E-state index >= 15 is 0 Å². The van der Waals surface area contributed by atoms with Crippen molar-refractivity contribution in [1.29, 1.82) is 0 Å². The average molecular weight is 788 g/mol. The second-order valence-corrected chi connectivity index (χ2v) is 12.9. The summed E-state index contributed by atoms with van der Waals surface area (Å²) in [7, 11) is -10.7. The van der Waals surface area contributed by atoms with Crippen molar-refractivity contribution >= 4 is 19.6 Å². The molecule has 2 heterocycles. The number of aromatic nitrogens is 4. The summed E-state index contributed by atoms with van der Waals surface area (Å²) in [6.07, 6.45) is 2.04. The Bertz CT molecular complexity index is 1480. The zero-order chi connectivity index (χ0) is 34.1. The molecule has 0 spiro atoms. The number of rotatable bonds is 5. The molecule has 0 radical (unpaired) electrons. The second-order valence-electron chi connectivity index (χ2n) is 10.1. The van der Waals surface area contributed by atoms with E-state index in [2.05, 4.69) is 111 Å². The summed E-state index contributed by atoms with van der Waals surface area (Å²) in [4.78, 5) is 9.50. The molecule has 4 rings (SSSR count). The van der Waals surface area contributed by atoms with Gasteiger partial charge in [-0.25, -0.2) is 9.36 Å². The van der Waals surface area contributed by atoms with Crippen LogP contribution in [0.1, 0.15) is 65.4 Å². The monoisotopic (exact) mass is 788 g/mol. The van der Waals surface area contributed by atoms with Crippen molar-refractivity contribution in [2.24, 2.45) is 0 Å². The zero-order valence-corrected chi connectivity index (χ0v) is 29.9. The number of thioether (sulfide) groups is 1. The molecule has 18 heteroatoms. The van der Waals surface area contributed by atoms with Gasteiger partial charge in [0.1, 0.15) is 0 Å². The molecule has 9 nitrogen and oxygen atoms in total. The van der Waals surface area contributed by atoms with E-state index in [1.54, 1.807) is 11.8 Å². The fraction of sp³-hybridized carbons (Fsp3) is 0.357. The molecule has 0 unspecified atom stereocenters. The van der Waals surface area contributed by atoms with Gasteiger partial charge in [0.15, 0.2) is 6.17 Å². The van der Waals surface area contributed by atoms with Crippen molar-refractivity contribution in [3.63, 3.8) is 0 Å². The Morgan fingerprint density at radius 1 is 0.783 bits per heavy atom. The molecule has 4 aromatic rings. The van der Waals surface area contributed by atoms with E-state index in [-0.39, 0.29) is 31.1 Å². The van der Waals surface area contributed by atoms with Crippen LogP contribution in [0.2, 0.25) is 0 Å². The molecular formula is C28H39F6N5O4PRuS+. The third-order valence-electron chi connectivity index (χ3n) is 5.71. The van der Waals surface area contributed by atoms with Crippen molar-refractivity contribution in [3.8, 4) is 0 Å². The van der Waals surface area contributed by atoms with Crippen molar-refractivity contribution in [2.75, 3.05) is 6.26 Å². The standard InChI is InChI=1S/C18H22N4S.C10H14.F6P.NO3.H2O.Ru/c1-12-10-14(3)21(19-12)18(22-15(4)11-13(2)20-22)16-8-6-7-9-17(16)23-5;1-8(2)10-6-4-9(3)5-7-10;1-7(2,3,4,5)6;2-1(3)4;;/h6-11,18H,1-5H3;4-8H,1-3H3;;;1H2;/q;;2*-1;;+2/p+1. The van der Waals surface area contributed by atoms with E-state index in [4.69, 9.17) is 25.5 Å². The Morgan fingerprint density at radius 2 is 1.15 bits per heavy atom. The van der Waals surface area contributed by atoms with Gasteiger partial charge in [0.25, 0.3) is 0 Å². The van der Waals surface area contributed by atoms with Crippen molar-refractivity contribution in [3.05, 3.63) is 115 Å². The molecule has 0 aliphatic carbocycles. The van der Waals surface area contributed by atoms with Crippen LogP contribution in [0.4, 0.5) is 25.2 Å². The van der Waals surface area contributed by atoms with Gasteiger partial charge in [0.2, 0.25) is 0 Å². The molecule has 0 amide bonds. The van der Waals surface area contributed by atoms with Gasteiger partial charge in [-0.1, -0.05) is 61.9 Å². The average Bonchev–Trinajstić information content (AvgIpc) is 3.37. The van der Waals surface area contributed by atoms with Crippen molar-refractivity contribution < 1.29 is 55.2 Å². The summed E-state index contributed by atoms with van der Waals surface area (Å²) in [6, 6.07) is 21.4. The van der Waals surface area contributed by atoms with Gasteiger partial charge in [-0.3, -0.25) is 0 Å². The summed E-state index contributed by atoms with van der Waals surface area (Å²) in [5.41, 5.74) is 8.30. The number of benzene rings is 2. The topological polar surface area (TPSA) is 135 Å². The quantitative estimate of drug-likeness (QED) is 0.0376. The SMILES string of the molecule is CSc1ccccc1C(n1nc(C)cc1C)n1nc(C)cc1C.Cc1ccc(C(C)C)cc1.F[P-](F)(F)(F)(F)F.O=[N+]([O-])[O-].[OH3+].[Ru+2]. The molecular weight excluding hydrogens is 748 g/mol. The minimum atomic E-state index is -10.7. The fourth-order valence-corrected chi connectivity index (χ4v) is 4.61. The van der Waals surface area contributed by atoms with Crippen LogP contribution in [-0.4, -0.2) is 30.9 Å². The third-order valence-corrected chi connectivity index (χ3v) is 6.53. The first-order chi connectivity index (χ1) is 19.9. The first-order valence-electron chi connectivity index (χ1n) is 13.0. The second kappa shape index (κ2) is 17.2. The summed E-state index contributed by atoms with van der Waals surface area (Å²) in [5, 5.41) is 24.2. The van der Waals surface area contributed by atoms with Crippen LogP contribution in [0.5, 0.6) is 0 Å². The molecule has 0 aliphatic rings. The molecule has 0 atom stereocenters. The van der Waals surface area contributed by atoms with E-state index in [0.717, 1.165) is 22.8 Å². The van der Waals surface area contributed by atoms with Crippen LogP contribution in [0.15, 0.2) is 65.6 Å². The molecule has 0 aliphatic heterocycles. The van der Waals surface area contributed by atoms with Crippen molar-refractivity contribution in [1.82, 2.24) is 19.6 Å². The van der Waals surface area contributed by atoms with Crippen LogP contribution in [0.25, 0.3) is 0 Å². The summed E-state index contributed by atoms with van der Waals surface area (Å²) in [5.74, 6) is 0.653. The minimum absolute atomic E-state index is 0. The van der Waals surface area contributed by atoms with E-state index in [0.29, 0.717) is 5.92 Å². The Labute approximate surface area is 280 Å².